The molecule has 0 aromatic heterocycles. The van der Waals surface area contributed by atoms with Crippen LogP contribution in [0.4, 0.5) is 4.39 Å². The molecule has 1 aliphatic rings. The first-order valence-corrected chi connectivity index (χ1v) is 10.7. The molecule has 3 rings (SSSR count). The van der Waals surface area contributed by atoms with E-state index in [0.29, 0.717) is 11.5 Å². The van der Waals surface area contributed by atoms with Gasteiger partial charge in [0.1, 0.15) is 5.82 Å². The van der Waals surface area contributed by atoms with E-state index < -0.39 is 10.0 Å². The molecule has 1 heterocycles. The largest absolute Gasteiger partial charge is 0.385 e. The fraction of sp³-hybridized carbons (Fsp3) is 0.429. The SMILES string of the molecule is COCCC[C@@H]1CC[C@H](c2ccc(F)cc2)N1S(=O)(=O)c1ccc(C)cc1. The Hall–Kier alpha value is -1.76. The van der Waals surface area contributed by atoms with Gasteiger partial charge in [0.05, 0.1) is 10.9 Å². The molecule has 6 heteroatoms. The van der Waals surface area contributed by atoms with Gasteiger partial charge in [0.25, 0.3) is 0 Å². The summed E-state index contributed by atoms with van der Waals surface area (Å²) >= 11 is 0. The van der Waals surface area contributed by atoms with Crippen LogP contribution in [-0.2, 0) is 14.8 Å². The van der Waals surface area contributed by atoms with Gasteiger partial charge in [0.15, 0.2) is 0 Å². The fourth-order valence-corrected chi connectivity index (χ4v) is 5.68. The van der Waals surface area contributed by atoms with Gasteiger partial charge >= 0.3 is 0 Å². The molecule has 4 nitrogen and oxygen atoms in total. The predicted molar refractivity (Wildman–Crippen MR) is 103 cm³/mol. The quantitative estimate of drug-likeness (QED) is 0.655. The Morgan fingerprint density at radius 3 is 2.37 bits per heavy atom. The third kappa shape index (κ3) is 4.39. The Balaban J connectivity index is 1.96. The maximum atomic E-state index is 13.5. The second-order valence-corrected chi connectivity index (χ2v) is 8.92. The minimum Gasteiger partial charge on any atom is -0.385 e. The highest BCUT2D eigenvalue weighted by Crippen LogP contribution is 2.42. The van der Waals surface area contributed by atoms with Crippen molar-refractivity contribution in [3.63, 3.8) is 0 Å². The summed E-state index contributed by atoms with van der Waals surface area (Å²) < 4.78 is 47.0. The molecule has 2 atom stereocenters. The summed E-state index contributed by atoms with van der Waals surface area (Å²) in [7, 11) is -2.00. The van der Waals surface area contributed by atoms with Crippen LogP contribution >= 0.6 is 0 Å². The van der Waals surface area contributed by atoms with Crippen molar-refractivity contribution in [2.24, 2.45) is 0 Å². The van der Waals surface area contributed by atoms with E-state index in [4.69, 9.17) is 4.74 Å². The maximum absolute atomic E-state index is 13.5. The van der Waals surface area contributed by atoms with Crippen molar-refractivity contribution in [1.82, 2.24) is 4.31 Å². The molecule has 2 aromatic rings. The maximum Gasteiger partial charge on any atom is 0.243 e. The van der Waals surface area contributed by atoms with Gasteiger partial charge in [-0.15, -0.1) is 0 Å². The topological polar surface area (TPSA) is 46.6 Å². The lowest BCUT2D eigenvalue weighted by Crippen LogP contribution is -2.37. The summed E-state index contributed by atoms with van der Waals surface area (Å²) in [5.41, 5.74) is 1.85. The van der Waals surface area contributed by atoms with Gasteiger partial charge in [-0.25, -0.2) is 12.8 Å². The van der Waals surface area contributed by atoms with E-state index in [-0.39, 0.29) is 17.9 Å². The number of sulfonamides is 1. The van der Waals surface area contributed by atoms with Gasteiger partial charge in [-0.05, 0) is 62.4 Å². The molecule has 0 spiro atoms. The third-order valence-electron chi connectivity index (χ3n) is 5.18. The van der Waals surface area contributed by atoms with Gasteiger partial charge in [-0.2, -0.15) is 4.31 Å². The molecule has 2 aromatic carbocycles. The van der Waals surface area contributed by atoms with Crippen molar-refractivity contribution < 1.29 is 17.5 Å². The molecule has 0 bridgehead atoms. The molecular weight excluding hydrogens is 365 g/mol. The molecule has 0 N–H and O–H groups in total. The lowest BCUT2D eigenvalue weighted by atomic mass is 10.1. The second-order valence-electron chi connectivity index (χ2n) is 7.08. The first kappa shape index (κ1) is 20.0. The number of rotatable bonds is 7. The van der Waals surface area contributed by atoms with Crippen molar-refractivity contribution in [3.05, 3.63) is 65.5 Å². The van der Waals surface area contributed by atoms with Crippen LogP contribution in [0.5, 0.6) is 0 Å². The molecule has 1 saturated heterocycles. The molecule has 27 heavy (non-hydrogen) atoms. The van der Waals surface area contributed by atoms with Crippen molar-refractivity contribution in [2.75, 3.05) is 13.7 Å². The number of ether oxygens (including phenoxy) is 1. The van der Waals surface area contributed by atoms with Gasteiger partial charge < -0.3 is 4.74 Å². The number of halogens is 1. The molecular formula is C21H26FNO3S. The van der Waals surface area contributed by atoms with Crippen LogP contribution in [0.2, 0.25) is 0 Å². The summed E-state index contributed by atoms with van der Waals surface area (Å²) in [4.78, 5) is 0.304. The Labute approximate surface area is 161 Å². The lowest BCUT2D eigenvalue weighted by molar-refractivity contribution is 0.183. The average molecular weight is 392 g/mol. The highest BCUT2D eigenvalue weighted by Gasteiger charge is 2.42. The highest BCUT2D eigenvalue weighted by atomic mass is 32.2. The van der Waals surface area contributed by atoms with Crippen molar-refractivity contribution >= 4 is 10.0 Å². The molecule has 0 saturated carbocycles. The van der Waals surface area contributed by atoms with Gasteiger partial charge in [0, 0.05) is 19.8 Å². The van der Waals surface area contributed by atoms with Crippen LogP contribution < -0.4 is 0 Å². The first-order chi connectivity index (χ1) is 12.9. The van der Waals surface area contributed by atoms with Gasteiger partial charge in [-0.3, -0.25) is 0 Å². The number of hydrogen-bond acceptors (Lipinski definition) is 3. The molecule has 0 amide bonds. The van der Waals surface area contributed by atoms with Crippen LogP contribution in [0.3, 0.4) is 0 Å². The van der Waals surface area contributed by atoms with E-state index >= 15 is 0 Å². The fourth-order valence-electron chi connectivity index (χ4n) is 3.79. The summed E-state index contributed by atoms with van der Waals surface area (Å²) in [5.74, 6) is -0.318. The normalized spacial score (nSPS) is 20.9. The summed E-state index contributed by atoms with van der Waals surface area (Å²) in [5, 5.41) is 0. The summed E-state index contributed by atoms with van der Waals surface area (Å²) in [6, 6.07) is 12.8. The Morgan fingerprint density at radius 2 is 1.74 bits per heavy atom. The summed E-state index contributed by atoms with van der Waals surface area (Å²) in [6.07, 6.45) is 3.07. The zero-order valence-corrected chi connectivity index (χ0v) is 16.6. The van der Waals surface area contributed by atoms with Gasteiger partial charge in [0.2, 0.25) is 10.0 Å². The summed E-state index contributed by atoms with van der Waals surface area (Å²) in [6.45, 7) is 2.54. The first-order valence-electron chi connectivity index (χ1n) is 9.28. The second kappa shape index (κ2) is 8.50. The van der Waals surface area contributed by atoms with Crippen molar-refractivity contribution in [2.45, 2.75) is 49.6 Å². The molecule has 146 valence electrons. The van der Waals surface area contributed by atoms with E-state index in [9.17, 15) is 12.8 Å². The van der Waals surface area contributed by atoms with E-state index in [2.05, 4.69) is 0 Å². The number of hydrogen-bond donors (Lipinski definition) is 0. The van der Waals surface area contributed by atoms with E-state index in [1.807, 2.05) is 19.1 Å². The van der Waals surface area contributed by atoms with E-state index in [1.165, 1.54) is 12.1 Å². The van der Waals surface area contributed by atoms with Crippen LogP contribution in [0, 0.1) is 12.7 Å². The zero-order chi connectivity index (χ0) is 19.4. The van der Waals surface area contributed by atoms with E-state index in [1.54, 1.807) is 35.7 Å². The van der Waals surface area contributed by atoms with Crippen LogP contribution in [0.1, 0.15) is 42.9 Å². The predicted octanol–water partition coefficient (Wildman–Crippen LogP) is 4.46. The molecule has 0 radical (unpaired) electrons. The Bertz CT molecular complexity index is 850. The molecule has 0 unspecified atom stereocenters. The smallest absolute Gasteiger partial charge is 0.243 e. The van der Waals surface area contributed by atoms with Crippen LogP contribution in [-0.4, -0.2) is 32.5 Å². The lowest BCUT2D eigenvalue weighted by Gasteiger charge is -2.30. The van der Waals surface area contributed by atoms with Crippen LogP contribution in [0.15, 0.2) is 53.4 Å². The Morgan fingerprint density at radius 1 is 1.07 bits per heavy atom. The number of aryl methyl sites for hydroxylation is 1. The van der Waals surface area contributed by atoms with Crippen LogP contribution in [0.25, 0.3) is 0 Å². The number of benzene rings is 2. The van der Waals surface area contributed by atoms with E-state index in [0.717, 1.165) is 36.8 Å². The molecule has 1 aliphatic heterocycles. The zero-order valence-electron chi connectivity index (χ0n) is 15.8. The third-order valence-corrected chi connectivity index (χ3v) is 7.15. The van der Waals surface area contributed by atoms with Crippen molar-refractivity contribution in [1.29, 1.82) is 0 Å². The monoisotopic (exact) mass is 391 g/mol. The minimum atomic E-state index is -3.65. The number of nitrogens with zero attached hydrogens (tertiary/aromatic N) is 1. The Kier molecular flexibility index (Phi) is 6.29. The van der Waals surface area contributed by atoms with Crippen molar-refractivity contribution in [3.8, 4) is 0 Å². The number of methoxy groups -OCH3 is 1. The van der Waals surface area contributed by atoms with Gasteiger partial charge in [-0.1, -0.05) is 29.8 Å². The minimum absolute atomic E-state index is 0.0819. The average Bonchev–Trinajstić information content (AvgIpc) is 3.08. The standard InChI is InChI=1S/C21H26FNO3S/c1-16-5-12-20(13-6-16)27(24,25)23-19(4-3-15-26-2)11-14-21(23)17-7-9-18(22)10-8-17/h5-10,12-13,19,21H,3-4,11,14-15H2,1-2H3/t19-,21-/m1/s1. The molecule has 0 aliphatic carbocycles. The molecule has 1 fully saturated rings. The highest BCUT2D eigenvalue weighted by molar-refractivity contribution is 7.89.